The van der Waals surface area contributed by atoms with Gasteiger partial charge in [0.2, 0.25) is 0 Å². The average Bonchev–Trinajstić information content (AvgIpc) is 2.21. The zero-order chi connectivity index (χ0) is 8.93. The van der Waals surface area contributed by atoms with Crippen molar-refractivity contribution in [3.05, 3.63) is 24.6 Å². The highest BCUT2D eigenvalue weighted by Gasteiger charge is 2.06. The third kappa shape index (κ3) is 2.16. The van der Waals surface area contributed by atoms with Gasteiger partial charge in [-0.2, -0.15) is 4.94 Å². The molecule has 0 radical (unpaired) electrons. The number of hydrogen-bond donors (Lipinski definition) is 0. The summed E-state index contributed by atoms with van der Waals surface area (Å²) in [5.41, 5.74) is 0. The van der Waals surface area contributed by atoms with E-state index in [1.54, 1.807) is 22.6 Å². The SMILES string of the molecule is C1=CN(ON2C=CC=NC2)CN=C1. The van der Waals surface area contributed by atoms with E-state index in [2.05, 4.69) is 9.98 Å². The maximum atomic E-state index is 5.40. The van der Waals surface area contributed by atoms with Crippen molar-refractivity contribution in [3.63, 3.8) is 0 Å². The predicted octanol–water partition coefficient (Wildman–Crippen LogP) is 0.548. The van der Waals surface area contributed by atoms with Crippen molar-refractivity contribution in [1.29, 1.82) is 0 Å². The highest BCUT2D eigenvalue weighted by Crippen LogP contribution is 2.03. The summed E-state index contributed by atoms with van der Waals surface area (Å²) in [7, 11) is 0. The highest BCUT2D eigenvalue weighted by molar-refractivity contribution is 5.71. The van der Waals surface area contributed by atoms with Crippen LogP contribution in [0.15, 0.2) is 34.5 Å². The Kier molecular flexibility index (Phi) is 2.38. The lowest BCUT2D eigenvalue weighted by Crippen LogP contribution is -2.31. The van der Waals surface area contributed by atoms with E-state index in [0.29, 0.717) is 13.3 Å². The van der Waals surface area contributed by atoms with Gasteiger partial charge in [0, 0.05) is 24.8 Å². The van der Waals surface area contributed by atoms with E-state index in [-0.39, 0.29) is 0 Å². The molecule has 2 rings (SSSR count). The van der Waals surface area contributed by atoms with Gasteiger partial charge in [0.15, 0.2) is 0 Å². The van der Waals surface area contributed by atoms with Crippen molar-refractivity contribution in [2.45, 2.75) is 0 Å². The van der Waals surface area contributed by atoms with E-state index in [0.717, 1.165) is 0 Å². The van der Waals surface area contributed by atoms with Gasteiger partial charge in [-0.1, -0.05) is 0 Å². The van der Waals surface area contributed by atoms with Crippen LogP contribution in [0.25, 0.3) is 0 Å². The molecule has 0 saturated heterocycles. The molecule has 0 aromatic carbocycles. The zero-order valence-corrected chi connectivity index (χ0v) is 7.08. The maximum Gasteiger partial charge on any atom is 0.137 e. The second-order valence-corrected chi connectivity index (χ2v) is 2.54. The molecule has 0 amide bonds. The number of aliphatic imine (C=N–C) groups is 2. The fourth-order valence-corrected chi connectivity index (χ4v) is 0.981. The first-order valence-electron chi connectivity index (χ1n) is 4.00. The second kappa shape index (κ2) is 3.86. The molecule has 0 bridgehead atoms. The molecule has 0 aromatic heterocycles. The summed E-state index contributed by atoms with van der Waals surface area (Å²) in [6.45, 7) is 1.04. The van der Waals surface area contributed by atoms with Gasteiger partial charge < -0.3 is 0 Å². The lowest BCUT2D eigenvalue weighted by atomic mass is 10.6. The molecule has 0 saturated carbocycles. The Morgan fingerprint density at radius 1 is 0.923 bits per heavy atom. The third-order valence-corrected chi connectivity index (χ3v) is 1.54. The largest absolute Gasteiger partial charge is 0.269 e. The van der Waals surface area contributed by atoms with Gasteiger partial charge in [-0.3, -0.25) is 9.98 Å². The molecule has 2 aliphatic rings. The Morgan fingerprint density at radius 3 is 1.85 bits per heavy atom. The number of nitrogens with zero attached hydrogens (tertiary/aromatic N) is 4. The Morgan fingerprint density at radius 2 is 1.46 bits per heavy atom. The normalized spacial score (nSPS) is 20.0. The van der Waals surface area contributed by atoms with Crippen LogP contribution in [0.2, 0.25) is 0 Å². The molecule has 0 fully saturated rings. The summed E-state index contributed by atoms with van der Waals surface area (Å²) in [5.74, 6) is 0. The van der Waals surface area contributed by atoms with Crippen LogP contribution in [0.5, 0.6) is 0 Å². The van der Waals surface area contributed by atoms with Crippen molar-refractivity contribution < 1.29 is 4.94 Å². The summed E-state index contributed by atoms with van der Waals surface area (Å²) in [5, 5.41) is 3.26. The van der Waals surface area contributed by atoms with Gasteiger partial charge in [0.05, 0.1) is 0 Å². The van der Waals surface area contributed by atoms with Gasteiger partial charge >= 0.3 is 0 Å². The Bertz CT molecular complexity index is 254. The fraction of sp³-hybridized carbons (Fsp3) is 0.250. The van der Waals surface area contributed by atoms with E-state index in [9.17, 15) is 0 Å². The quantitative estimate of drug-likeness (QED) is 0.620. The van der Waals surface area contributed by atoms with Gasteiger partial charge in [-0.25, -0.2) is 10.1 Å². The van der Waals surface area contributed by atoms with E-state index < -0.39 is 0 Å². The summed E-state index contributed by atoms with van der Waals surface area (Å²) < 4.78 is 0. The number of hydrogen-bond acceptors (Lipinski definition) is 5. The van der Waals surface area contributed by atoms with E-state index in [1.165, 1.54) is 0 Å². The van der Waals surface area contributed by atoms with Crippen molar-refractivity contribution in [2.24, 2.45) is 9.98 Å². The maximum absolute atomic E-state index is 5.40. The fourth-order valence-electron chi connectivity index (χ4n) is 0.981. The van der Waals surface area contributed by atoms with Gasteiger partial charge in [-0.05, 0) is 12.2 Å². The number of hydroxylamine groups is 4. The first-order chi connectivity index (χ1) is 6.45. The molecule has 0 spiro atoms. The van der Waals surface area contributed by atoms with Crippen LogP contribution in [-0.4, -0.2) is 35.9 Å². The van der Waals surface area contributed by atoms with Crippen LogP contribution >= 0.6 is 0 Å². The minimum absolute atomic E-state index is 0.518. The molecule has 13 heavy (non-hydrogen) atoms. The number of allylic oxidation sites excluding steroid dienone is 2. The first kappa shape index (κ1) is 8.00. The number of rotatable bonds is 2. The molecule has 5 heteroatoms. The van der Waals surface area contributed by atoms with Crippen LogP contribution < -0.4 is 0 Å². The standard InChI is InChI=1S/C8H10N4O/c1-3-9-7-11(5-1)13-12-6-2-4-10-8-12/h1-6H,7-8H2. The van der Waals surface area contributed by atoms with Gasteiger partial charge in [0.25, 0.3) is 0 Å². The molecular formula is C8H10N4O. The average molecular weight is 178 g/mol. The molecule has 0 aliphatic carbocycles. The molecule has 0 atom stereocenters. The topological polar surface area (TPSA) is 40.4 Å². The lowest BCUT2D eigenvalue weighted by Gasteiger charge is -2.26. The van der Waals surface area contributed by atoms with Crippen molar-refractivity contribution in [2.75, 3.05) is 13.3 Å². The minimum Gasteiger partial charge on any atom is -0.269 e. The molecule has 0 unspecified atom stereocenters. The van der Waals surface area contributed by atoms with Crippen molar-refractivity contribution >= 4 is 12.4 Å². The molecule has 0 N–H and O–H groups in total. The Hall–Kier alpha value is -1.62. The predicted molar refractivity (Wildman–Crippen MR) is 49.8 cm³/mol. The van der Waals surface area contributed by atoms with Crippen molar-refractivity contribution in [3.8, 4) is 0 Å². The molecule has 2 heterocycles. The summed E-state index contributed by atoms with van der Waals surface area (Å²) >= 11 is 0. The molecule has 68 valence electrons. The van der Waals surface area contributed by atoms with E-state index >= 15 is 0 Å². The van der Waals surface area contributed by atoms with Crippen LogP contribution in [0.3, 0.4) is 0 Å². The minimum atomic E-state index is 0.518. The first-order valence-corrected chi connectivity index (χ1v) is 4.00. The van der Waals surface area contributed by atoms with Gasteiger partial charge in [0.1, 0.15) is 13.3 Å². The van der Waals surface area contributed by atoms with Crippen LogP contribution in [0.1, 0.15) is 0 Å². The van der Waals surface area contributed by atoms with Gasteiger partial charge in [-0.15, -0.1) is 0 Å². The zero-order valence-electron chi connectivity index (χ0n) is 7.08. The summed E-state index contributed by atoms with van der Waals surface area (Å²) in [6.07, 6.45) is 10.8. The summed E-state index contributed by atoms with van der Waals surface area (Å²) in [6, 6.07) is 0. The lowest BCUT2D eigenvalue weighted by molar-refractivity contribution is -0.279. The van der Waals surface area contributed by atoms with E-state index in [4.69, 9.17) is 4.94 Å². The Labute approximate surface area is 76.2 Å². The van der Waals surface area contributed by atoms with Crippen LogP contribution in [0, 0.1) is 0 Å². The van der Waals surface area contributed by atoms with E-state index in [1.807, 2.05) is 24.6 Å². The highest BCUT2D eigenvalue weighted by atomic mass is 16.8. The summed E-state index contributed by atoms with van der Waals surface area (Å²) in [4.78, 5) is 13.4. The molecule has 2 aliphatic heterocycles. The molecule has 5 nitrogen and oxygen atoms in total. The Balaban J connectivity index is 1.84. The van der Waals surface area contributed by atoms with Crippen LogP contribution in [-0.2, 0) is 4.94 Å². The van der Waals surface area contributed by atoms with Crippen molar-refractivity contribution in [1.82, 2.24) is 10.1 Å². The smallest absolute Gasteiger partial charge is 0.137 e. The van der Waals surface area contributed by atoms with Crippen LogP contribution in [0.4, 0.5) is 0 Å². The molecule has 0 aromatic rings. The monoisotopic (exact) mass is 178 g/mol. The molecular weight excluding hydrogens is 168 g/mol. The second-order valence-electron chi connectivity index (χ2n) is 2.54. The third-order valence-electron chi connectivity index (χ3n) is 1.54.